The topological polar surface area (TPSA) is 105 Å². The second-order valence-electron chi connectivity index (χ2n) is 7.57. The number of carbonyl (C=O) groups excluding carboxylic acids is 2. The molecule has 0 aromatic heterocycles. The van der Waals surface area contributed by atoms with Gasteiger partial charge in [-0.2, -0.15) is 0 Å². The Labute approximate surface area is 179 Å². The van der Waals surface area contributed by atoms with Crippen LogP contribution < -0.4 is 14.8 Å². The zero-order valence-corrected chi connectivity index (χ0v) is 17.5. The number of anilines is 1. The van der Waals surface area contributed by atoms with Gasteiger partial charge in [-0.3, -0.25) is 9.59 Å². The number of fused-ring (bicyclic) bond motifs is 1. The molecule has 0 atom stereocenters. The number of benzene rings is 2. The number of nitrogens with one attached hydrogen (secondary N) is 2. The molecule has 2 amide bonds. The lowest BCUT2D eigenvalue weighted by atomic mass is 10.0. The molecule has 1 saturated heterocycles. The third-order valence-corrected chi connectivity index (χ3v) is 6.85. The molecule has 1 fully saturated rings. The molecule has 31 heavy (non-hydrogen) atoms. The van der Waals surface area contributed by atoms with Crippen molar-refractivity contribution in [1.29, 1.82) is 0 Å². The molecule has 0 unspecified atom stereocenters. The number of nitrogens with zero attached hydrogens (tertiary/aromatic N) is 1. The molecule has 4 rings (SSSR count). The van der Waals surface area contributed by atoms with Crippen molar-refractivity contribution in [3.63, 3.8) is 0 Å². The fourth-order valence-corrected chi connectivity index (χ4v) is 4.98. The molecular formula is C21H22FN3O5S. The van der Waals surface area contributed by atoms with Gasteiger partial charge < -0.3 is 15.0 Å². The summed E-state index contributed by atoms with van der Waals surface area (Å²) in [6, 6.07) is 9.82. The van der Waals surface area contributed by atoms with E-state index in [4.69, 9.17) is 4.74 Å². The number of likely N-dealkylation sites (tertiary alicyclic amines) is 1. The minimum Gasteiger partial charge on any atom is -0.482 e. The van der Waals surface area contributed by atoms with Crippen LogP contribution in [0.2, 0.25) is 0 Å². The second-order valence-corrected chi connectivity index (χ2v) is 9.29. The first kappa shape index (κ1) is 21.3. The number of hydrogen-bond acceptors (Lipinski definition) is 5. The van der Waals surface area contributed by atoms with Crippen LogP contribution in [0, 0.1) is 5.82 Å². The molecule has 10 heteroatoms. The first-order chi connectivity index (χ1) is 14.8. The lowest BCUT2D eigenvalue weighted by molar-refractivity contribution is -0.131. The van der Waals surface area contributed by atoms with Gasteiger partial charge in [0.2, 0.25) is 15.9 Å². The SMILES string of the molecule is O=C1COc2ccc(S(=O)(=O)NC3CCN(C(=O)Cc4ccc(F)cc4)CC3)cc2N1. The van der Waals surface area contributed by atoms with Gasteiger partial charge >= 0.3 is 0 Å². The molecule has 2 N–H and O–H groups in total. The van der Waals surface area contributed by atoms with Crippen LogP contribution in [0.25, 0.3) is 0 Å². The van der Waals surface area contributed by atoms with E-state index in [-0.39, 0.29) is 41.6 Å². The normalized spacial score (nSPS) is 16.9. The van der Waals surface area contributed by atoms with Crippen molar-refractivity contribution in [3.8, 4) is 5.75 Å². The number of piperidine rings is 1. The lowest BCUT2D eigenvalue weighted by Gasteiger charge is -2.32. The summed E-state index contributed by atoms with van der Waals surface area (Å²) in [5.41, 5.74) is 1.05. The van der Waals surface area contributed by atoms with Crippen LogP contribution in [-0.4, -0.2) is 50.9 Å². The standard InChI is InChI=1S/C21H22FN3O5S/c22-15-3-1-14(2-4-15)11-21(27)25-9-7-16(8-10-25)24-31(28,29)17-5-6-19-18(12-17)23-20(26)13-30-19/h1-6,12,16,24H,7-11,13H2,(H,23,26). The fourth-order valence-electron chi connectivity index (χ4n) is 3.65. The van der Waals surface area contributed by atoms with Gasteiger partial charge in [0.05, 0.1) is 17.0 Å². The Morgan fingerprint density at radius 1 is 1.16 bits per heavy atom. The molecule has 164 valence electrons. The molecular weight excluding hydrogens is 425 g/mol. The van der Waals surface area contributed by atoms with Crippen molar-refractivity contribution in [2.45, 2.75) is 30.2 Å². The summed E-state index contributed by atoms with van der Waals surface area (Å²) in [6.07, 6.45) is 1.15. The predicted octanol–water partition coefficient (Wildman–Crippen LogP) is 1.67. The van der Waals surface area contributed by atoms with Crippen molar-refractivity contribution in [2.24, 2.45) is 0 Å². The highest BCUT2D eigenvalue weighted by Crippen LogP contribution is 2.30. The molecule has 0 spiro atoms. The van der Waals surface area contributed by atoms with Crippen molar-refractivity contribution >= 4 is 27.5 Å². The van der Waals surface area contributed by atoms with Crippen molar-refractivity contribution < 1.29 is 27.1 Å². The quantitative estimate of drug-likeness (QED) is 0.726. The molecule has 8 nitrogen and oxygen atoms in total. The fraction of sp³-hybridized carbons (Fsp3) is 0.333. The van der Waals surface area contributed by atoms with Crippen molar-refractivity contribution in [2.75, 3.05) is 25.0 Å². The Balaban J connectivity index is 1.34. The smallest absolute Gasteiger partial charge is 0.262 e. The Morgan fingerprint density at radius 3 is 2.58 bits per heavy atom. The molecule has 2 aliphatic rings. The van der Waals surface area contributed by atoms with E-state index in [9.17, 15) is 22.4 Å². The number of sulfonamides is 1. The molecule has 2 aromatic rings. The maximum absolute atomic E-state index is 13.0. The van der Waals surface area contributed by atoms with Crippen LogP contribution in [0.5, 0.6) is 5.75 Å². The molecule has 2 aliphatic heterocycles. The van der Waals surface area contributed by atoms with Crippen LogP contribution in [0.3, 0.4) is 0 Å². The van der Waals surface area contributed by atoms with Crippen LogP contribution in [0.4, 0.5) is 10.1 Å². The maximum atomic E-state index is 13.0. The minimum atomic E-state index is -3.80. The van der Waals surface area contributed by atoms with Gasteiger partial charge in [0.1, 0.15) is 11.6 Å². The molecule has 0 saturated carbocycles. The third kappa shape index (κ3) is 5.02. The van der Waals surface area contributed by atoms with E-state index in [2.05, 4.69) is 10.0 Å². The zero-order chi connectivity index (χ0) is 22.0. The van der Waals surface area contributed by atoms with Crippen LogP contribution in [0.15, 0.2) is 47.4 Å². The van der Waals surface area contributed by atoms with E-state index >= 15 is 0 Å². The summed E-state index contributed by atoms with van der Waals surface area (Å²) in [6.45, 7) is 0.762. The summed E-state index contributed by atoms with van der Waals surface area (Å²) < 4.78 is 46.5. The highest BCUT2D eigenvalue weighted by atomic mass is 32.2. The Bertz CT molecular complexity index is 1100. The average Bonchev–Trinajstić information content (AvgIpc) is 2.75. The molecule has 0 radical (unpaired) electrons. The first-order valence-corrected chi connectivity index (χ1v) is 11.4. The molecule has 2 aromatic carbocycles. The Kier molecular flexibility index (Phi) is 5.92. The van der Waals surface area contributed by atoms with Gasteiger partial charge in [0, 0.05) is 19.1 Å². The molecule has 0 aliphatic carbocycles. The van der Waals surface area contributed by atoms with Crippen molar-refractivity contribution in [3.05, 3.63) is 53.8 Å². The summed E-state index contributed by atoms with van der Waals surface area (Å²) in [5, 5.41) is 2.60. The van der Waals surface area contributed by atoms with Gasteiger partial charge in [-0.25, -0.2) is 17.5 Å². The predicted molar refractivity (Wildman–Crippen MR) is 111 cm³/mol. The Hall–Kier alpha value is -2.98. The van der Waals surface area contributed by atoms with E-state index < -0.39 is 10.0 Å². The minimum absolute atomic E-state index is 0.0341. The van der Waals surface area contributed by atoms with E-state index in [0.717, 1.165) is 5.56 Å². The third-order valence-electron chi connectivity index (χ3n) is 5.33. The summed E-state index contributed by atoms with van der Waals surface area (Å²) in [7, 11) is -3.80. The van der Waals surface area contributed by atoms with E-state index in [1.54, 1.807) is 17.0 Å². The molecule has 2 heterocycles. The number of hydrogen-bond donors (Lipinski definition) is 2. The van der Waals surface area contributed by atoms with Gasteiger partial charge in [-0.1, -0.05) is 12.1 Å². The zero-order valence-electron chi connectivity index (χ0n) is 16.6. The number of halogens is 1. The van der Waals surface area contributed by atoms with Gasteiger partial charge in [-0.05, 0) is 48.7 Å². The van der Waals surface area contributed by atoms with E-state index in [1.807, 2.05) is 0 Å². The highest BCUT2D eigenvalue weighted by molar-refractivity contribution is 7.89. The van der Waals surface area contributed by atoms with Gasteiger partial charge in [0.15, 0.2) is 6.61 Å². The van der Waals surface area contributed by atoms with E-state index in [1.165, 1.54) is 30.3 Å². The largest absolute Gasteiger partial charge is 0.482 e. The number of rotatable bonds is 5. The monoisotopic (exact) mass is 447 g/mol. The van der Waals surface area contributed by atoms with Crippen LogP contribution in [0.1, 0.15) is 18.4 Å². The van der Waals surface area contributed by atoms with Gasteiger partial charge in [-0.15, -0.1) is 0 Å². The van der Waals surface area contributed by atoms with E-state index in [0.29, 0.717) is 37.4 Å². The summed E-state index contributed by atoms with van der Waals surface area (Å²) in [4.78, 5) is 25.7. The summed E-state index contributed by atoms with van der Waals surface area (Å²) in [5.74, 6) is -0.337. The number of amides is 2. The second kappa shape index (κ2) is 8.64. The van der Waals surface area contributed by atoms with Crippen LogP contribution in [-0.2, 0) is 26.0 Å². The van der Waals surface area contributed by atoms with Crippen LogP contribution >= 0.6 is 0 Å². The number of ether oxygens (including phenoxy) is 1. The highest BCUT2D eigenvalue weighted by Gasteiger charge is 2.28. The summed E-state index contributed by atoms with van der Waals surface area (Å²) >= 11 is 0. The van der Waals surface area contributed by atoms with Crippen molar-refractivity contribution in [1.82, 2.24) is 9.62 Å². The average molecular weight is 447 g/mol. The Morgan fingerprint density at radius 2 is 1.87 bits per heavy atom. The first-order valence-electron chi connectivity index (χ1n) is 9.91. The maximum Gasteiger partial charge on any atom is 0.262 e. The number of carbonyl (C=O) groups is 2. The lowest BCUT2D eigenvalue weighted by Crippen LogP contribution is -2.46. The molecule has 0 bridgehead atoms. The van der Waals surface area contributed by atoms with Gasteiger partial charge in [0.25, 0.3) is 5.91 Å².